The van der Waals surface area contributed by atoms with E-state index in [1.54, 1.807) is 43.3 Å². The van der Waals surface area contributed by atoms with Crippen LogP contribution in [0.5, 0.6) is 0 Å². The molecular formula is C19H17BrClN3O3. The first-order chi connectivity index (χ1) is 12.7. The van der Waals surface area contributed by atoms with Gasteiger partial charge in [-0.1, -0.05) is 45.7 Å². The van der Waals surface area contributed by atoms with Gasteiger partial charge in [0.15, 0.2) is 0 Å². The van der Waals surface area contributed by atoms with Gasteiger partial charge in [0.25, 0.3) is 5.91 Å². The number of aryl methyl sites for hydroxylation is 1. The lowest BCUT2D eigenvalue weighted by atomic mass is 9.92. The molecule has 2 N–H and O–H groups in total. The minimum atomic E-state index is -1.23. The number of nitrogens with zero attached hydrogens (tertiary/aromatic N) is 1. The van der Waals surface area contributed by atoms with Crippen molar-refractivity contribution < 1.29 is 14.4 Å². The van der Waals surface area contributed by atoms with Crippen LogP contribution >= 0.6 is 27.5 Å². The maximum atomic E-state index is 12.9. The van der Waals surface area contributed by atoms with Crippen molar-refractivity contribution >= 4 is 51.1 Å². The van der Waals surface area contributed by atoms with Crippen molar-refractivity contribution in [2.75, 3.05) is 11.9 Å². The number of benzene rings is 2. The molecule has 0 spiro atoms. The van der Waals surface area contributed by atoms with Gasteiger partial charge in [0, 0.05) is 15.2 Å². The summed E-state index contributed by atoms with van der Waals surface area (Å²) in [5.74, 6) is -0.967. The Labute approximate surface area is 170 Å². The Hall–Kier alpha value is -2.38. The van der Waals surface area contributed by atoms with Gasteiger partial charge >= 0.3 is 6.03 Å². The third-order valence-electron chi connectivity index (χ3n) is 4.45. The van der Waals surface area contributed by atoms with Crippen molar-refractivity contribution in [3.63, 3.8) is 0 Å². The standard InChI is InChI=1S/C19H17BrClN3O3/c1-11-6-7-14(21)9-15(11)22-16(25)10-24-17(26)19(2,23-18(24)27)12-4-3-5-13(20)8-12/h3-9H,10H2,1-2H3,(H,22,25)(H,23,27). The molecule has 27 heavy (non-hydrogen) atoms. The Morgan fingerprint density at radius 3 is 2.70 bits per heavy atom. The molecule has 1 unspecified atom stereocenters. The normalized spacial score (nSPS) is 19.2. The number of rotatable bonds is 4. The first-order valence-electron chi connectivity index (χ1n) is 8.17. The minimum Gasteiger partial charge on any atom is -0.324 e. The van der Waals surface area contributed by atoms with E-state index in [1.165, 1.54) is 0 Å². The van der Waals surface area contributed by atoms with E-state index in [0.29, 0.717) is 16.3 Å². The van der Waals surface area contributed by atoms with Gasteiger partial charge in [-0.3, -0.25) is 14.5 Å². The zero-order valence-electron chi connectivity index (χ0n) is 14.7. The molecule has 1 atom stereocenters. The monoisotopic (exact) mass is 449 g/mol. The molecule has 4 amide bonds. The Morgan fingerprint density at radius 2 is 2.00 bits per heavy atom. The van der Waals surface area contributed by atoms with Crippen LogP contribution in [-0.2, 0) is 15.1 Å². The summed E-state index contributed by atoms with van der Waals surface area (Å²) in [7, 11) is 0. The third-order valence-corrected chi connectivity index (χ3v) is 5.18. The zero-order valence-corrected chi connectivity index (χ0v) is 17.0. The highest BCUT2D eigenvalue weighted by atomic mass is 79.9. The summed E-state index contributed by atoms with van der Waals surface area (Å²) in [6, 6.07) is 11.6. The number of anilines is 1. The molecule has 1 heterocycles. The number of halogens is 2. The fraction of sp³-hybridized carbons (Fsp3) is 0.211. The lowest BCUT2D eigenvalue weighted by Gasteiger charge is -2.22. The van der Waals surface area contributed by atoms with E-state index in [-0.39, 0.29) is 6.54 Å². The molecule has 1 aliphatic rings. The summed E-state index contributed by atoms with van der Waals surface area (Å²) in [6.07, 6.45) is 0. The zero-order chi connectivity index (χ0) is 19.8. The Bertz CT molecular complexity index is 950. The van der Waals surface area contributed by atoms with Crippen molar-refractivity contribution in [3.05, 3.63) is 63.1 Å². The summed E-state index contributed by atoms with van der Waals surface area (Å²) in [5.41, 5.74) is 0.759. The molecule has 1 saturated heterocycles. The third kappa shape index (κ3) is 3.84. The van der Waals surface area contributed by atoms with Crippen LogP contribution in [0.15, 0.2) is 46.9 Å². The van der Waals surface area contributed by atoms with Gasteiger partial charge in [0.1, 0.15) is 12.1 Å². The fourth-order valence-electron chi connectivity index (χ4n) is 2.90. The van der Waals surface area contributed by atoms with Gasteiger partial charge in [-0.05, 0) is 49.2 Å². The molecule has 8 heteroatoms. The summed E-state index contributed by atoms with van der Waals surface area (Å²) >= 11 is 9.31. The van der Waals surface area contributed by atoms with Crippen LogP contribution in [0, 0.1) is 6.92 Å². The number of amides is 4. The van der Waals surface area contributed by atoms with Crippen molar-refractivity contribution in [1.29, 1.82) is 0 Å². The second-order valence-corrected chi connectivity index (χ2v) is 7.82. The second-order valence-electron chi connectivity index (χ2n) is 6.46. The predicted molar refractivity (Wildman–Crippen MR) is 107 cm³/mol. The van der Waals surface area contributed by atoms with E-state index in [9.17, 15) is 14.4 Å². The minimum absolute atomic E-state index is 0.389. The summed E-state index contributed by atoms with van der Waals surface area (Å²) in [5, 5.41) is 5.85. The van der Waals surface area contributed by atoms with Crippen LogP contribution < -0.4 is 10.6 Å². The van der Waals surface area contributed by atoms with Crippen LogP contribution in [0.1, 0.15) is 18.1 Å². The molecule has 0 radical (unpaired) electrons. The molecular weight excluding hydrogens is 434 g/mol. The van der Waals surface area contributed by atoms with Crippen LogP contribution in [0.4, 0.5) is 10.5 Å². The van der Waals surface area contributed by atoms with Gasteiger partial charge < -0.3 is 10.6 Å². The lowest BCUT2D eigenvalue weighted by molar-refractivity contribution is -0.133. The number of nitrogens with one attached hydrogen (secondary N) is 2. The highest BCUT2D eigenvalue weighted by Gasteiger charge is 2.49. The van der Waals surface area contributed by atoms with Crippen molar-refractivity contribution in [1.82, 2.24) is 10.2 Å². The first kappa shape index (κ1) is 19.4. The molecule has 140 valence electrons. The topological polar surface area (TPSA) is 78.5 Å². The molecule has 1 aliphatic heterocycles. The number of hydrogen-bond donors (Lipinski definition) is 2. The van der Waals surface area contributed by atoms with Gasteiger partial charge in [0.2, 0.25) is 5.91 Å². The number of carbonyl (C=O) groups is 3. The molecule has 1 fully saturated rings. The van der Waals surface area contributed by atoms with Crippen LogP contribution in [0.2, 0.25) is 5.02 Å². The largest absolute Gasteiger partial charge is 0.325 e. The van der Waals surface area contributed by atoms with Crippen LogP contribution in [0.25, 0.3) is 0 Å². The summed E-state index contributed by atoms with van der Waals surface area (Å²) in [6.45, 7) is 3.05. The van der Waals surface area contributed by atoms with E-state index in [1.807, 2.05) is 13.0 Å². The Kier molecular flexibility index (Phi) is 5.26. The Balaban J connectivity index is 1.77. The molecule has 0 aromatic heterocycles. The van der Waals surface area contributed by atoms with Crippen molar-refractivity contribution in [2.24, 2.45) is 0 Å². The smallest absolute Gasteiger partial charge is 0.324 e. The molecule has 0 aliphatic carbocycles. The van der Waals surface area contributed by atoms with E-state index in [4.69, 9.17) is 11.6 Å². The fourth-order valence-corrected chi connectivity index (χ4v) is 3.47. The number of carbonyl (C=O) groups excluding carboxylic acids is 3. The van der Waals surface area contributed by atoms with Gasteiger partial charge in [-0.2, -0.15) is 0 Å². The molecule has 0 saturated carbocycles. The SMILES string of the molecule is Cc1ccc(Cl)cc1NC(=O)CN1C(=O)NC(C)(c2cccc(Br)c2)C1=O. The van der Waals surface area contributed by atoms with Crippen LogP contribution in [0.3, 0.4) is 0 Å². The number of hydrogen-bond acceptors (Lipinski definition) is 3. The molecule has 3 rings (SSSR count). The Morgan fingerprint density at radius 1 is 1.26 bits per heavy atom. The average Bonchev–Trinajstić information content (AvgIpc) is 2.82. The first-order valence-corrected chi connectivity index (χ1v) is 9.34. The van der Waals surface area contributed by atoms with Gasteiger partial charge in [-0.25, -0.2) is 4.79 Å². The maximum absolute atomic E-state index is 12.9. The van der Waals surface area contributed by atoms with Crippen molar-refractivity contribution in [3.8, 4) is 0 Å². The maximum Gasteiger partial charge on any atom is 0.325 e. The van der Waals surface area contributed by atoms with Gasteiger partial charge in [-0.15, -0.1) is 0 Å². The van der Waals surface area contributed by atoms with Gasteiger partial charge in [0.05, 0.1) is 0 Å². The van der Waals surface area contributed by atoms with E-state index < -0.39 is 23.4 Å². The van der Waals surface area contributed by atoms with E-state index >= 15 is 0 Å². The molecule has 0 bridgehead atoms. The second kappa shape index (κ2) is 7.32. The summed E-state index contributed by atoms with van der Waals surface area (Å²) < 4.78 is 0.788. The van der Waals surface area contributed by atoms with E-state index in [2.05, 4.69) is 26.6 Å². The number of imide groups is 1. The van der Waals surface area contributed by atoms with Crippen molar-refractivity contribution in [2.45, 2.75) is 19.4 Å². The highest BCUT2D eigenvalue weighted by Crippen LogP contribution is 2.30. The number of urea groups is 1. The summed E-state index contributed by atoms with van der Waals surface area (Å²) in [4.78, 5) is 38.5. The van der Waals surface area contributed by atoms with Crippen LogP contribution in [-0.4, -0.2) is 29.3 Å². The molecule has 2 aromatic carbocycles. The molecule has 6 nitrogen and oxygen atoms in total. The average molecular weight is 451 g/mol. The quantitative estimate of drug-likeness (QED) is 0.695. The lowest BCUT2D eigenvalue weighted by Crippen LogP contribution is -2.42. The molecule has 2 aromatic rings. The van der Waals surface area contributed by atoms with E-state index in [0.717, 1.165) is 14.9 Å². The highest BCUT2D eigenvalue weighted by molar-refractivity contribution is 9.10. The predicted octanol–water partition coefficient (Wildman–Crippen LogP) is 3.82.